The minimum absolute atomic E-state index is 0. The van der Waals surface area contributed by atoms with E-state index in [9.17, 15) is 0 Å². The van der Waals surface area contributed by atoms with E-state index in [1.165, 1.54) is 15.3 Å². The van der Waals surface area contributed by atoms with Gasteiger partial charge in [-0.3, -0.25) is 9.89 Å². The molecule has 3 rings (SSSR count). The Balaban J connectivity index is 0.00000280. The Kier molecular flexibility index (Phi) is 10.3. The predicted octanol–water partition coefficient (Wildman–Crippen LogP) is 3.46. The van der Waals surface area contributed by atoms with Crippen LogP contribution in [0.25, 0.3) is 0 Å². The summed E-state index contributed by atoms with van der Waals surface area (Å²) in [5.74, 6) is 0.859. The first-order chi connectivity index (χ1) is 13.3. The minimum atomic E-state index is 0. The first-order valence-electron chi connectivity index (χ1n) is 9.63. The fraction of sp³-hybridized carbons (Fsp3) is 0.476. The number of halogens is 1. The number of aryl methyl sites for hydroxylation is 1. The molecule has 2 aromatic rings. The number of aliphatic imine (C=N–C) groups is 1. The topological polar surface area (TPSA) is 48.9 Å². The summed E-state index contributed by atoms with van der Waals surface area (Å²) in [4.78, 5) is 9.66. The molecule has 1 aliphatic heterocycles. The molecule has 154 valence electrons. The smallest absolute Gasteiger partial charge is 0.191 e. The van der Waals surface area contributed by atoms with Gasteiger partial charge in [0.25, 0.3) is 0 Å². The summed E-state index contributed by atoms with van der Waals surface area (Å²) in [5, 5.41) is 6.96. The van der Waals surface area contributed by atoms with Crippen LogP contribution in [0.15, 0.2) is 47.5 Å². The largest absolute Gasteiger partial charge is 0.379 e. The van der Waals surface area contributed by atoms with Gasteiger partial charge in [-0.2, -0.15) is 0 Å². The highest BCUT2D eigenvalue weighted by Gasteiger charge is 2.24. The van der Waals surface area contributed by atoms with E-state index in [2.05, 4.69) is 69.9 Å². The van der Waals surface area contributed by atoms with Gasteiger partial charge in [-0.15, -0.1) is 35.3 Å². The maximum Gasteiger partial charge on any atom is 0.191 e. The fourth-order valence-electron chi connectivity index (χ4n) is 3.32. The summed E-state index contributed by atoms with van der Waals surface area (Å²) in [6.45, 7) is 7.44. The molecule has 7 heteroatoms. The van der Waals surface area contributed by atoms with Crippen LogP contribution in [0.4, 0.5) is 0 Å². The van der Waals surface area contributed by atoms with Crippen LogP contribution in [0, 0.1) is 6.92 Å². The van der Waals surface area contributed by atoms with Crippen LogP contribution < -0.4 is 10.6 Å². The van der Waals surface area contributed by atoms with E-state index < -0.39 is 0 Å². The van der Waals surface area contributed by atoms with Gasteiger partial charge in [0.15, 0.2) is 5.96 Å². The van der Waals surface area contributed by atoms with Gasteiger partial charge in [0.05, 0.1) is 19.3 Å². The van der Waals surface area contributed by atoms with Crippen molar-refractivity contribution in [1.82, 2.24) is 15.5 Å². The van der Waals surface area contributed by atoms with E-state index >= 15 is 0 Å². The lowest BCUT2D eigenvalue weighted by atomic mass is 10.1. The van der Waals surface area contributed by atoms with Crippen molar-refractivity contribution < 1.29 is 4.74 Å². The number of morpholine rings is 1. The highest BCUT2D eigenvalue weighted by Crippen LogP contribution is 2.27. The molecular formula is C21H31IN4OS. The summed E-state index contributed by atoms with van der Waals surface area (Å²) in [6.07, 6.45) is 0.985. The van der Waals surface area contributed by atoms with Crippen LogP contribution in [-0.2, 0) is 11.2 Å². The van der Waals surface area contributed by atoms with Crippen molar-refractivity contribution in [2.24, 2.45) is 4.99 Å². The second kappa shape index (κ2) is 12.4. The molecule has 1 saturated heterocycles. The molecule has 0 radical (unpaired) electrons. The summed E-state index contributed by atoms with van der Waals surface area (Å²) in [6, 6.07) is 15.3. The average molecular weight is 514 g/mol. The molecule has 0 spiro atoms. The van der Waals surface area contributed by atoms with Gasteiger partial charge in [-0.1, -0.05) is 30.3 Å². The van der Waals surface area contributed by atoms with Crippen molar-refractivity contribution in [3.05, 3.63) is 57.8 Å². The van der Waals surface area contributed by atoms with E-state index in [0.717, 1.165) is 51.8 Å². The maximum atomic E-state index is 5.54. The second-order valence-corrected chi connectivity index (χ2v) is 8.05. The molecule has 1 atom stereocenters. The number of hydrogen-bond donors (Lipinski definition) is 2. The second-order valence-electron chi connectivity index (χ2n) is 6.73. The number of guanidine groups is 1. The van der Waals surface area contributed by atoms with Gasteiger partial charge >= 0.3 is 0 Å². The molecule has 0 bridgehead atoms. The molecule has 2 N–H and O–H groups in total. The highest BCUT2D eigenvalue weighted by atomic mass is 127. The number of rotatable bonds is 7. The maximum absolute atomic E-state index is 5.54. The third kappa shape index (κ3) is 7.02. The number of benzene rings is 1. The Labute approximate surface area is 189 Å². The normalized spacial score (nSPS) is 16.3. The van der Waals surface area contributed by atoms with E-state index in [4.69, 9.17) is 4.74 Å². The Morgan fingerprint density at radius 1 is 1.14 bits per heavy atom. The zero-order valence-electron chi connectivity index (χ0n) is 16.7. The molecule has 1 unspecified atom stereocenters. The van der Waals surface area contributed by atoms with Crippen molar-refractivity contribution in [3.8, 4) is 0 Å². The van der Waals surface area contributed by atoms with Crippen LogP contribution in [0.2, 0.25) is 0 Å². The standard InChI is InChI=1S/C21H30N4OS.HI/c1-17-8-9-20(27-17)19(25-12-14-26-15-13-25)16-24-21(22-2)23-11-10-18-6-4-3-5-7-18;/h3-9,19H,10-16H2,1-2H3,(H2,22,23,24);1H. The number of hydrogen-bond acceptors (Lipinski definition) is 4. The van der Waals surface area contributed by atoms with E-state index in [1.807, 2.05) is 18.4 Å². The molecule has 0 saturated carbocycles. The van der Waals surface area contributed by atoms with Gasteiger partial charge in [0.1, 0.15) is 0 Å². The first kappa shape index (κ1) is 23.1. The Hall–Kier alpha value is -1.16. The van der Waals surface area contributed by atoms with Crippen LogP contribution in [0.3, 0.4) is 0 Å². The van der Waals surface area contributed by atoms with E-state index in [1.54, 1.807) is 0 Å². The third-order valence-corrected chi connectivity index (χ3v) is 5.91. The first-order valence-corrected chi connectivity index (χ1v) is 10.4. The molecule has 0 amide bonds. The zero-order valence-corrected chi connectivity index (χ0v) is 19.8. The summed E-state index contributed by atoms with van der Waals surface area (Å²) in [7, 11) is 1.83. The Morgan fingerprint density at radius 2 is 1.89 bits per heavy atom. The molecule has 2 heterocycles. The predicted molar refractivity (Wildman–Crippen MR) is 129 cm³/mol. The van der Waals surface area contributed by atoms with Crippen LogP contribution in [0.5, 0.6) is 0 Å². The van der Waals surface area contributed by atoms with Gasteiger partial charge in [0, 0.05) is 43.0 Å². The molecular weight excluding hydrogens is 483 g/mol. The number of ether oxygens (including phenoxy) is 1. The van der Waals surface area contributed by atoms with E-state index in [0.29, 0.717) is 6.04 Å². The molecule has 28 heavy (non-hydrogen) atoms. The van der Waals surface area contributed by atoms with Gasteiger partial charge in [0.2, 0.25) is 0 Å². The van der Waals surface area contributed by atoms with Crippen LogP contribution in [0.1, 0.15) is 21.4 Å². The highest BCUT2D eigenvalue weighted by molar-refractivity contribution is 14.0. The molecule has 5 nitrogen and oxygen atoms in total. The van der Waals surface area contributed by atoms with Gasteiger partial charge in [-0.05, 0) is 31.0 Å². The van der Waals surface area contributed by atoms with E-state index in [-0.39, 0.29) is 24.0 Å². The lowest BCUT2D eigenvalue weighted by Gasteiger charge is -2.34. The van der Waals surface area contributed by atoms with Gasteiger partial charge < -0.3 is 15.4 Å². The van der Waals surface area contributed by atoms with Crippen molar-refractivity contribution >= 4 is 41.3 Å². The average Bonchev–Trinajstić information content (AvgIpc) is 3.14. The molecule has 1 aliphatic rings. The molecule has 1 fully saturated rings. The van der Waals surface area contributed by atoms with Crippen molar-refractivity contribution in [3.63, 3.8) is 0 Å². The summed E-state index contributed by atoms with van der Waals surface area (Å²) >= 11 is 1.88. The zero-order chi connectivity index (χ0) is 18.9. The molecule has 1 aromatic carbocycles. The lowest BCUT2D eigenvalue weighted by molar-refractivity contribution is 0.0177. The Morgan fingerprint density at radius 3 is 2.54 bits per heavy atom. The summed E-state index contributed by atoms with van der Waals surface area (Å²) in [5.41, 5.74) is 1.33. The Bertz CT molecular complexity index is 716. The van der Waals surface area contributed by atoms with Crippen molar-refractivity contribution in [1.29, 1.82) is 0 Å². The minimum Gasteiger partial charge on any atom is -0.379 e. The monoisotopic (exact) mass is 514 g/mol. The van der Waals surface area contributed by atoms with Crippen molar-refractivity contribution in [2.45, 2.75) is 19.4 Å². The fourth-order valence-corrected chi connectivity index (χ4v) is 4.33. The number of nitrogens with one attached hydrogen (secondary N) is 2. The van der Waals surface area contributed by atoms with Crippen LogP contribution >= 0.6 is 35.3 Å². The number of nitrogens with zero attached hydrogens (tertiary/aromatic N) is 2. The molecule has 1 aromatic heterocycles. The lowest BCUT2D eigenvalue weighted by Crippen LogP contribution is -2.46. The number of thiophene rings is 1. The SMILES string of the molecule is CN=C(NCCc1ccccc1)NCC(c1ccc(C)s1)N1CCOCC1.I. The van der Waals surface area contributed by atoms with Gasteiger partial charge in [-0.25, -0.2) is 0 Å². The quantitative estimate of drug-likeness (QED) is 0.338. The van der Waals surface area contributed by atoms with Crippen molar-refractivity contribution in [2.75, 3.05) is 46.4 Å². The van der Waals surface area contributed by atoms with Crippen LogP contribution in [-0.4, -0.2) is 57.3 Å². The third-order valence-electron chi connectivity index (χ3n) is 4.81. The summed E-state index contributed by atoms with van der Waals surface area (Å²) < 4.78 is 5.54. The molecule has 0 aliphatic carbocycles.